The zero-order valence-electron chi connectivity index (χ0n) is 30.1. The van der Waals surface area contributed by atoms with Crippen LogP contribution >= 0.6 is 46.2 Å². The highest BCUT2D eigenvalue weighted by Gasteiger charge is 2.50. The number of benzene rings is 3. The van der Waals surface area contributed by atoms with Crippen molar-refractivity contribution in [2.75, 3.05) is 32.1 Å². The Morgan fingerprint density at radius 2 is 1.77 bits per heavy atom. The lowest BCUT2D eigenvalue weighted by Crippen LogP contribution is -2.55. The third kappa shape index (κ3) is 9.09. The van der Waals surface area contributed by atoms with Crippen LogP contribution < -0.4 is 10.2 Å². The molecule has 5 aromatic rings. The molecule has 3 heterocycles. The molecule has 294 valence electrons. The zero-order chi connectivity index (χ0) is 40.4. The molecule has 4 amide bonds. The first-order chi connectivity index (χ1) is 26.5. The molecule has 2 unspecified atom stereocenters. The van der Waals surface area contributed by atoms with Gasteiger partial charge in [0, 0.05) is 77.6 Å². The number of aromatic nitrogens is 1. The van der Waals surface area contributed by atoms with Gasteiger partial charge in [0.05, 0.1) is 4.88 Å². The highest BCUT2D eigenvalue weighted by Crippen LogP contribution is 2.59. The highest BCUT2D eigenvalue weighted by molar-refractivity contribution is 9.10. The van der Waals surface area contributed by atoms with Gasteiger partial charge in [0.15, 0.2) is 0 Å². The number of amides is 4. The number of alkyl halides is 2. The van der Waals surface area contributed by atoms with E-state index in [-0.39, 0.29) is 48.0 Å². The largest absolute Gasteiger partial charge is 0.399 e. The third-order valence-corrected chi connectivity index (χ3v) is 12.9. The Morgan fingerprint density at radius 1 is 1.05 bits per heavy atom. The van der Waals surface area contributed by atoms with Gasteiger partial charge in [-0.15, -0.1) is 22.7 Å². The third-order valence-electron chi connectivity index (χ3n) is 9.40. The van der Waals surface area contributed by atoms with Crippen molar-refractivity contribution in [1.82, 2.24) is 20.1 Å². The van der Waals surface area contributed by atoms with Crippen LogP contribution in [0, 0.1) is 0 Å². The molecule has 0 radical (unpaired) electrons. The van der Waals surface area contributed by atoms with Gasteiger partial charge in [0.1, 0.15) is 17.1 Å². The summed E-state index contributed by atoms with van der Waals surface area (Å²) >= 11 is 5.85. The summed E-state index contributed by atoms with van der Waals surface area (Å²) in [5.74, 6) is -1.71. The predicted molar refractivity (Wildman–Crippen MR) is 215 cm³/mol. The predicted octanol–water partition coefficient (Wildman–Crippen LogP) is 6.86. The molecule has 2 atom stereocenters. The summed E-state index contributed by atoms with van der Waals surface area (Å²) < 4.78 is 41.7. The molecular formula is C38H37BrF2N5O7PS2. The van der Waals surface area contributed by atoms with Crippen LogP contribution in [0.5, 0.6) is 0 Å². The number of fused-ring (bicyclic) bond motifs is 1. The van der Waals surface area contributed by atoms with Gasteiger partial charge in [-0.25, -0.2) is 4.98 Å². The fraction of sp³-hybridized carbons (Fsp3) is 0.289. The van der Waals surface area contributed by atoms with Crippen molar-refractivity contribution in [2.45, 2.75) is 43.4 Å². The number of nitrogens with zero attached hydrogens (tertiary/aromatic N) is 4. The normalized spacial score (nSPS) is 15.1. The second-order valence-corrected chi connectivity index (χ2v) is 18.0. The number of halogens is 3. The molecule has 0 spiro atoms. The van der Waals surface area contributed by atoms with Crippen molar-refractivity contribution < 1.29 is 42.3 Å². The lowest BCUT2D eigenvalue weighted by molar-refractivity contribution is -0.139. The smallest absolute Gasteiger partial charge is 0.349 e. The summed E-state index contributed by atoms with van der Waals surface area (Å²) in [5, 5.41) is 5.65. The number of likely N-dealkylation sites (tertiary alicyclic amines) is 1. The molecule has 3 aromatic carbocycles. The van der Waals surface area contributed by atoms with Gasteiger partial charge >= 0.3 is 13.3 Å². The van der Waals surface area contributed by atoms with Crippen LogP contribution in [0.15, 0.2) is 88.8 Å². The maximum atomic E-state index is 14.5. The Kier molecular flexibility index (Phi) is 12.5. The molecule has 6 rings (SSSR count). The van der Waals surface area contributed by atoms with Gasteiger partial charge in [0.2, 0.25) is 17.7 Å². The number of anilines is 1. The van der Waals surface area contributed by atoms with E-state index in [1.807, 2.05) is 17.5 Å². The minimum absolute atomic E-state index is 0.0451. The topological polar surface area (TPSA) is 160 Å². The number of hydrogen-bond acceptors (Lipinski definition) is 8. The number of thiophene rings is 1. The summed E-state index contributed by atoms with van der Waals surface area (Å²) in [6, 6.07) is 16.8. The number of hydrogen-bond donors (Lipinski definition) is 3. The van der Waals surface area contributed by atoms with Crippen LogP contribution in [0.3, 0.4) is 0 Å². The average Bonchev–Trinajstić information content (AvgIpc) is 3.96. The molecule has 56 heavy (non-hydrogen) atoms. The molecule has 3 N–H and O–H groups in total. The molecule has 18 heteroatoms. The van der Waals surface area contributed by atoms with Crippen LogP contribution in [-0.4, -0.2) is 87.5 Å². The number of carbonyl (C=O) groups excluding carboxylic acids is 4. The monoisotopic (exact) mass is 887 g/mol. The van der Waals surface area contributed by atoms with E-state index in [9.17, 15) is 42.3 Å². The Balaban J connectivity index is 1.27. The Hall–Kier alpha value is -4.38. The molecule has 0 saturated carbocycles. The molecule has 1 saturated heterocycles. The van der Waals surface area contributed by atoms with Crippen LogP contribution in [0.2, 0.25) is 0 Å². The summed E-state index contributed by atoms with van der Waals surface area (Å²) in [5.41, 5.74) is -3.19. The van der Waals surface area contributed by atoms with Gasteiger partial charge in [-0.3, -0.25) is 23.7 Å². The first kappa shape index (κ1) is 41.3. The molecule has 12 nitrogen and oxygen atoms in total. The van der Waals surface area contributed by atoms with E-state index in [4.69, 9.17) is 0 Å². The van der Waals surface area contributed by atoms with E-state index in [1.165, 1.54) is 38.2 Å². The summed E-state index contributed by atoms with van der Waals surface area (Å²) in [4.78, 5) is 82.8. The van der Waals surface area contributed by atoms with E-state index in [0.29, 0.717) is 23.2 Å². The summed E-state index contributed by atoms with van der Waals surface area (Å²) in [6.45, 7) is 0.312. The Labute approximate surface area is 337 Å². The van der Waals surface area contributed by atoms with Gasteiger partial charge in [-0.2, -0.15) is 8.78 Å². The van der Waals surface area contributed by atoms with Crippen LogP contribution in [0.25, 0.3) is 20.7 Å². The average molecular weight is 889 g/mol. The van der Waals surface area contributed by atoms with Crippen molar-refractivity contribution in [3.63, 3.8) is 0 Å². The minimum Gasteiger partial charge on any atom is -0.349 e. The number of thiazole rings is 1. The Bertz CT molecular complexity index is 2290. The molecule has 2 aromatic heterocycles. The SMILES string of the molecule is CN(C)C(=O)CCN(C(=O)C1CCCN1C(=O)C(Cc1ccc(Br)cc1)NC(=O)c1cc2cc(C(F)(F)P(=O)(O)O)ccc2s1)c1ccc(-c2nccs2)cc1. The van der Waals surface area contributed by atoms with Gasteiger partial charge in [0.25, 0.3) is 5.91 Å². The summed E-state index contributed by atoms with van der Waals surface area (Å²) in [7, 11) is -2.55. The van der Waals surface area contributed by atoms with Gasteiger partial charge < -0.3 is 29.8 Å². The highest BCUT2D eigenvalue weighted by atomic mass is 79.9. The van der Waals surface area contributed by atoms with E-state index < -0.39 is 42.7 Å². The van der Waals surface area contributed by atoms with Crippen molar-refractivity contribution in [3.8, 4) is 10.6 Å². The van der Waals surface area contributed by atoms with E-state index in [2.05, 4.69) is 26.2 Å². The first-order valence-corrected chi connectivity index (χ1v) is 21.5. The van der Waals surface area contributed by atoms with E-state index in [0.717, 1.165) is 44.1 Å². The standard InChI is InChI=1S/C38H37BrF2N5O7PS2/c1-44(2)33(47)15-18-45(28-12-7-24(8-13-28)35-42-16-19-55-35)37(50)30-4-3-17-46(30)36(49)29(20-23-5-10-27(39)11-6-23)43-34(48)32-22-25-21-26(9-14-31(25)56-32)38(40,41)54(51,52)53/h5-14,16,19,21-22,29-30H,3-4,15,17-18,20H2,1-2H3,(H,43,48)(H2,51,52,53). The van der Waals surface area contributed by atoms with Crippen molar-refractivity contribution >= 4 is 85.6 Å². The van der Waals surface area contributed by atoms with Crippen molar-refractivity contribution in [3.05, 3.63) is 105 Å². The quantitative estimate of drug-likeness (QED) is 0.108. The minimum atomic E-state index is -5.82. The van der Waals surface area contributed by atoms with Crippen LogP contribution in [0.1, 0.15) is 40.1 Å². The Morgan fingerprint density at radius 3 is 2.41 bits per heavy atom. The van der Waals surface area contributed by atoms with Gasteiger partial charge in [-0.05, 0) is 78.4 Å². The lowest BCUT2D eigenvalue weighted by Gasteiger charge is -2.33. The fourth-order valence-electron chi connectivity index (χ4n) is 6.41. The van der Waals surface area contributed by atoms with E-state index in [1.54, 1.807) is 56.7 Å². The first-order valence-electron chi connectivity index (χ1n) is 17.4. The second-order valence-electron chi connectivity index (χ2n) is 13.4. The number of carbonyl (C=O) groups is 4. The van der Waals surface area contributed by atoms with Crippen LogP contribution in [0.4, 0.5) is 14.5 Å². The van der Waals surface area contributed by atoms with E-state index >= 15 is 0 Å². The maximum Gasteiger partial charge on any atom is 0.399 e. The van der Waals surface area contributed by atoms with Crippen molar-refractivity contribution in [2.24, 2.45) is 0 Å². The van der Waals surface area contributed by atoms with Crippen LogP contribution in [-0.2, 0) is 31.0 Å². The fourth-order valence-corrected chi connectivity index (χ4v) is 8.74. The maximum absolute atomic E-state index is 14.5. The number of rotatable bonds is 13. The number of nitrogens with one attached hydrogen (secondary N) is 1. The zero-order valence-corrected chi connectivity index (χ0v) is 34.2. The summed E-state index contributed by atoms with van der Waals surface area (Å²) in [6.07, 6.45) is 2.69. The van der Waals surface area contributed by atoms with Gasteiger partial charge in [-0.1, -0.05) is 34.1 Å². The molecular weight excluding hydrogens is 851 g/mol. The lowest BCUT2D eigenvalue weighted by atomic mass is 10.0. The molecule has 1 aliphatic heterocycles. The van der Waals surface area contributed by atoms with Crippen molar-refractivity contribution in [1.29, 1.82) is 0 Å². The molecule has 0 aliphatic carbocycles. The molecule has 0 bridgehead atoms. The molecule has 1 fully saturated rings. The molecule has 1 aliphatic rings. The second kappa shape index (κ2) is 17.0.